The number of epoxide rings is 6. The van der Waals surface area contributed by atoms with Gasteiger partial charge in [0.15, 0.2) is 23.4 Å². The van der Waals surface area contributed by atoms with E-state index in [1.54, 1.807) is 0 Å². The van der Waals surface area contributed by atoms with Crippen molar-refractivity contribution < 1.29 is 111 Å². The summed E-state index contributed by atoms with van der Waals surface area (Å²) in [6.45, 7) is 15.6. The number of rotatable bonds is 51. The molecule has 18 aliphatic rings. The largest absolute Gasteiger partial charge is 0.508 e. The topological polar surface area (TPSA) is 365 Å². The van der Waals surface area contributed by atoms with Gasteiger partial charge >= 0.3 is 29.5 Å². The lowest BCUT2D eigenvalue weighted by molar-refractivity contribution is -0.137. The minimum absolute atomic E-state index is 0.0897. The molecule has 0 aromatic carbocycles. The van der Waals surface area contributed by atoms with E-state index >= 15 is 0 Å². The van der Waals surface area contributed by atoms with Gasteiger partial charge in [-0.1, -0.05) is 224 Å². The van der Waals surface area contributed by atoms with Crippen LogP contribution in [0.5, 0.6) is 0 Å². The van der Waals surface area contributed by atoms with E-state index in [0.29, 0.717) is 82.7 Å². The molecule has 6 N–H and O–H groups in total. The molecule has 0 aromatic rings. The SMILES string of the molecule is CC(C)[C@]12O[C@H]1[C@@H]1O[C@]13[C@]1(O[C@H]1C[C@H]1C4=C(CC[C@@]13C)C(=O)OC4)[C@@H]2OC(=O)Cl.CC(C)[C@]12O[C@H]1[C@@H]1O[C@]13[C@]1(O[C@H]1C[C@H]1C4=C(CC[C@@]13C)C(=O)OC4)[C@@H]2OC(=O)OCCCCCCCC(=O)CCCCC1CCSS1.NCCCCCCO.O=C(CCCCCCCO)CCCCC1CCSS1.O=C(CCCCCCCO)CCCCC1CCSS1.O=C(O)CCCCC1CCSS1. The van der Waals surface area contributed by atoms with Crippen LogP contribution in [0.1, 0.15) is 350 Å². The van der Waals surface area contributed by atoms with Crippen LogP contribution in [0.4, 0.5) is 9.59 Å². The van der Waals surface area contributed by atoms with Crippen LogP contribution in [0.3, 0.4) is 0 Å². The maximum absolute atomic E-state index is 13.2. The van der Waals surface area contributed by atoms with Crippen LogP contribution >= 0.6 is 98.0 Å². The molecule has 12 aliphatic heterocycles. The molecule has 14 fully saturated rings. The van der Waals surface area contributed by atoms with Crippen molar-refractivity contribution in [2.45, 2.75) is 453 Å². The van der Waals surface area contributed by atoms with Gasteiger partial charge in [0.25, 0.3) is 0 Å². The Morgan fingerprint density at radius 2 is 0.769 bits per heavy atom. The average molecular weight is 2050 g/mol. The molecule has 18 rings (SSSR count). The molecular weight excluding hydrogens is 1890 g/mol. The lowest BCUT2D eigenvalue weighted by atomic mass is 9.46. The first-order valence-electron chi connectivity index (χ1n) is 51.8. The first kappa shape index (κ1) is 110. The fraction of sp³-hybridized carbons (Fsp3) is 0.881. The maximum atomic E-state index is 13.2. The van der Waals surface area contributed by atoms with Crippen LogP contribution in [0.15, 0.2) is 22.3 Å². The normalized spacial score (nSPS) is 35.6. The summed E-state index contributed by atoms with van der Waals surface area (Å²) in [6, 6.07) is 0. The number of aliphatic hydroxyl groups is 3. The fourth-order valence-corrected chi connectivity index (χ4v) is 37.1. The number of aliphatic hydroxyl groups excluding tert-OH is 3. The Morgan fingerprint density at radius 1 is 0.433 bits per heavy atom. The molecule has 760 valence electrons. The Labute approximate surface area is 834 Å². The van der Waals surface area contributed by atoms with Crippen molar-refractivity contribution >= 4 is 145 Å². The highest BCUT2D eigenvalue weighted by Crippen LogP contribution is 2.85. The maximum Gasteiger partial charge on any atom is 0.508 e. The van der Waals surface area contributed by atoms with Crippen molar-refractivity contribution in [1.82, 2.24) is 0 Å². The molecule has 0 aromatic heterocycles. The summed E-state index contributed by atoms with van der Waals surface area (Å²) in [5, 5.41) is 37.3. The van der Waals surface area contributed by atoms with Crippen molar-refractivity contribution in [2.24, 2.45) is 40.2 Å². The van der Waals surface area contributed by atoms with Crippen LogP contribution in [0, 0.1) is 34.5 Å². The Hall–Kier alpha value is -1.67. The first-order valence-corrected chi connectivity index (χ1v) is 61.7. The second-order valence-electron chi connectivity index (χ2n) is 41.6. The number of hydrogen-bond acceptors (Lipinski definition) is 31. The molecule has 0 amide bonds. The summed E-state index contributed by atoms with van der Waals surface area (Å²) in [6.07, 6.45) is 45.5. The van der Waals surface area contributed by atoms with Crippen molar-refractivity contribution in [2.75, 3.05) is 69.2 Å². The Kier molecular flexibility index (Phi) is 42.0. The van der Waals surface area contributed by atoms with Crippen LogP contribution in [0.2, 0.25) is 0 Å². The number of carbonyl (C=O) groups excluding carboxylic acids is 7. The molecular formula is C101H158ClNO23S8. The van der Waals surface area contributed by atoms with Gasteiger partial charge in [-0.15, -0.1) is 0 Å². The molecule has 22 atom stereocenters. The summed E-state index contributed by atoms with van der Waals surface area (Å²) in [4.78, 5) is 95.5. The predicted molar refractivity (Wildman–Crippen MR) is 537 cm³/mol. The smallest absolute Gasteiger partial charge is 0.481 e. The molecule has 10 saturated heterocycles. The number of fused-ring (bicyclic) bond motifs is 8. The molecule has 4 saturated carbocycles. The molecule has 12 heterocycles. The molecule has 0 radical (unpaired) electrons. The molecule has 4 spiro atoms. The van der Waals surface area contributed by atoms with Gasteiger partial charge in [0, 0.05) is 142 Å². The lowest BCUT2D eigenvalue weighted by Crippen LogP contribution is -2.70. The number of unbranched alkanes of at least 4 members (excludes halogenated alkanes) is 19. The molecule has 134 heavy (non-hydrogen) atoms. The van der Waals surface area contributed by atoms with E-state index in [-0.39, 0.29) is 83.1 Å². The highest BCUT2D eigenvalue weighted by molar-refractivity contribution is 8.78. The summed E-state index contributed by atoms with van der Waals surface area (Å²) in [7, 11) is 16.0. The number of ketones is 3. The number of ether oxygens (including phenoxy) is 11. The molecule has 6 aliphatic carbocycles. The third-order valence-electron chi connectivity index (χ3n) is 32.5. The zero-order valence-corrected chi connectivity index (χ0v) is 88.0. The Balaban J connectivity index is 0.000000150. The van der Waals surface area contributed by atoms with Gasteiger partial charge in [-0.25, -0.2) is 19.2 Å². The fourth-order valence-electron chi connectivity index (χ4n) is 24.9. The molecule has 0 bridgehead atoms. The summed E-state index contributed by atoms with van der Waals surface area (Å²) < 4.78 is 67.7. The zero-order valence-electron chi connectivity index (χ0n) is 80.7. The van der Waals surface area contributed by atoms with E-state index in [4.69, 9.17) is 89.9 Å². The van der Waals surface area contributed by atoms with E-state index in [2.05, 4.69) is 41.5 Å². The Bertz CT molecular complexity index is 3890. The van der Waals surface area contributed by atoms with E-state index in [9.17, 15) is 38.4 Å². The average Bonchev–Trinajstić information content (AvgIpc) is 1.42. The zero-order chi connectivity index (χ0) is 95.3. The number of carboxylic acids is 1. The minimum atomic E-state index is -0.835. The minimum Gasteiger partial charge on any atom is -0.481 e. The number of Topliss-reactive ketones (excluding diaryl/α,β-unsaturated/α-hetero) is 3. The highest BCUT2D eigenvalue weighted by atomic mass is 35.5. The second-order valence-corrected chi connectivity index (χ2v) is 53.0. The molecule has 33 heteroatoms. The van der Waals surface area contributed by atoms with Gasteiger partial charge < -0.3 is 78.3 Å². The van der Waals surface area contributed by atoms with Gasteiger partial charge in [-0.3, -0.25) is 19.2 Å². The number of hydrogen-bond donors (Lipinski definition) is 5. The quantitative estimate of drug-likeness (QED) is 0.00943. The number of halogens is 1. The highest BCUT2D eigenvalue weighted by Gasteiger charge is 3.03. The number of aliphatic carboxylic acids is 1. The summed E-state index contributed by atoms with van der Waals surface area (Å²) >= 11 is 5.72. The second kappa shape index (κ2) is 51.4. The van der Waals surface area contributed by atoms with Crippen LogP contribution in [0.25, 0.3) is 0 Å². The predicted octanol–water partition coefficient (Wildman–Crippen LogP) is 21.9. The Morgan fingerprint density at radius 3 is 1.10 bits per heavy atom. The number of carboxylic acid groups (broad SMARTS) is 1. The molecule has 4 unspecified atom stereocenters. The van der Waals surface area contributed by atoms with Gasteiger partial charge in [0.1, 0.15) is 77.4 Å². The van der Waals surface area contributed by atoms with Crippen LogP contribution in [-0.2, 0) is 80.9 Å². The number of esters is 2. The monoisotopic (exact) mass is 2040 g/mol. The van der Waals surface area contributed by atoms with E-state index in [0.717, 1.165) is 262 Å². The van der Waals surface area contributed by atoms with Gasteiger partial charge in [0.05, 0.1) is 18.8 Å². The van der Waals surface area contributed by atoms with E-state index in [1.807, 2.05) is 86.4 Å². The lowest BCUT2D eigenvalue weighted by Gasteiger charge is -2.53. The first-order chi connectivity index (χ1) is 64.8. The van der Waals surface area contributed by atoms with Crippen LogP contribution < -0.4 is 5.73 Å². The van der Waals surface area contributed by atoms with Gasteiger partial charge in [-0.2, -0.15) is 0 Å². The molecule has 24 nitrogen and oxygen atoms in total. The summed E-state index contributed by atoms with van der Waals surface area (Å²) in [5.41, 5.74) is 3.80. The van der Waals surface area contributed by atoms with Gasteiger partial charge in [-0.05, 0) is 208 Å². The third kappa shape index (κ3) is 25.2. The van der Waals surface area contributed by atoms with E-state index < -0.39 is 63.4 Å². The number of cyclic esters (lactones) is 2. The number of nitrogens with two attached hydrogens (primary N) is 1. The van der Waals surface area contributed by atoms with Crippen molar-refractivity contribution in [1.29, 1.82) is 0 Å². The standard InChI is InChI=1S/C36H50O9S2.C21H23ClO7.2C15H28O2S2.C8H14O2S2.C6H15NO/c1-21(2)34-28(44-34)29-36(45-29)33(3)16-14-24-25(20-41-30(24)38)26(33)19-27-35(36,43-27)31(34)42-32(39)40-17-10-6-4-5-7-11-22(37)12-8-9-13-23-15-18-46-47-23;1-8(2)19-13(28-19)14-21(29-14)18(3)5-4-9-10(7-25-15(9)23)11(18)6-12-20(21,27-12)16(19)26-17(22)24;2*16-12-7-3-1-2-4-8-14(17)9-5-6-10-15-11-13-18-19-15;9-8(10)4-2-1-3-7-5-6-11-12-7;7-5-3-1-2-4-6-8/h21,23,26-29,31H,4-20H2,1-3H3;8,11-14,16H,4-7H2,1-3H3;2*15-16H,1-13H2;7H,1-6H2,(H,9,10);8H,1-7H2/t23?,26-,27-,28-,29-,31+,33-,34-,35+,36+;11-,12-,13-,14-,16+,18-,19-,20+,21+;;;;/m00..../s1. The van der Waals surface area contributed by atoms with E-state index in [1.165, 1.54) is 93.6 Å². The summed E-state index contributed by atoms with van der Waals surface area (Å²) in [5.74, 6) is 5.96. The third-order valence-corrected chi connectivity index (χ3v) is 44.6. The van der Waals surface area contributed by atoms with Gasteiger partial charge in [0.2, 0.25) is 0 Å². The van der Waals surface area contributed by atoms with Crippen molar-refractivity contribution in [3.05, 3.63) is 22.3 Å². The van der Waals surface area contributed by atoms with Crippen LogP contribution in [-0.4, -0.2) is 240 Å². The number of carbonyl (C=O) groups is 8. The van der Waals surface area contributed by atoms with Crippen molar-refractivity contribution in [3.8, 4) is 0 Å². The van der Waals surface area contributed by atoms with Crippen molar-refractivity contribution in [3.63, 3.8) is 0 Å².